The molecule has 0 fully saturated rings. The van der Waals surface area contributed by atoms with Gasteiger partial charge in [-0.15, -0.1) is 0 Å². The highest BCUT2D eigenvalue weighted by molar-refractivity contribution is 5.92. The highest BCUT2D eigenvalue weighted by Crippen LogP contribution is 2.14. The zero-order chi connectivity index (χ0) is 13.3. The van der Waals surface area contributed by atoms with Gasteiger partial charge in [0.15, 0.2) is 0 Å². The highest BCUT2D eigenvalue weighted by atomic mass is 16.4. The molecule has 0 aliphatic rings. The molecule has 2 rings (SSSR count). The van der Waals surface area contributed by atoms with E-state index in [4.69, 9.17) is 15.9 Å². The van der Waals surface area contributed by atoms with Gasteiger partial charge in [0.25, 0.3) is 0 Å². The summed E-state index contributed by atoms with van der Waals surface area (Å²) in [6, 6.07) is 3.47. The second-order valence-electron chi connectivity index (χ2n) is 3.87. The first-order chi connectivity index (χ1) is 8.47. The Morgan fingerprint density at radius 2 is 2.11 bits per heavy atom. The van der Waals surface area contributed by atoms with Crippen molar-refractivity contribution in [3.63, 3.8) is 0 Å². The third-order valence-corrected chi connectivity index (χ3v) is 2.50. The standard InChI is InChI=1S/C11H11N3O4/c12-8(11(17)18)5-14-4-7-2-1-6(10(15)16)3-9(7)13-14/h1-4,8H,5,12H2,(H,15,16)(H,17,18). The third-order valence-electron chi connectivity index (χ3n) is 2.50. The number of fused-ring (bicyclic) bond motifs is 1. The molecule has 0 radical (unpaired) electrons. The number of aromatic nitrogens is 2. The molecule has 0 bridgehead atoms. The van der Waals surface area contributed by atoms with Gasteiger partial charge < -0.3 is 15.9 Å². The van der Waals surface area contributed by atoms with Crippen LogP contribution in [-0.2, 0) is 11.3 Å². The topological polar surface area (TPSA) is 118 Å². The van der Waals surface area contributed by atoms with Gasteiger partial charge in [-0.25, -0.2) is 4.79 Å². The molecule has 1 heterocycles. The number of hydrogen-bond acceptors (Lipinski definition) is 4. The van der Waals surface area contributed by atoms with E-state index in [1.807, 2.05) is 0 Å². The van der Waals surface area contributed by atoms with Gasteiger partial charge in [0.05, 0.1) is 17.6 Å². The highest BCUT2D eigenvalue weighted by Gasteiger charge is 2.13. The maximum atomic E-state index is 10.8. The van der Waals surface area contributed by atoms with Crippen LogP contribution in [0.3, 0.4) is 0 Å². The average Bonchev–Trinajstić information content (AvgIpc) is 2.69. The second kappa shape index (κ2) is 4.46. The van der Waals surface area contributed by atoms with E-state index >= 15 is 0 Å². The largest absolute Gasteiger partial charge is 0.480 e. The maximum Gasteiger partial charge on any atom is 0.335 e. The monoisotopic (exact) mass is 249 g/mol. The van der Waals surface area contributed by atoms with Crippen molar-refractivity contribution in [3.05, 3.63) is 30.0 Å². The van der Waals surface area contributed by atoms with Crippen LogP contribution >= 0.6 is 0 Å². The van der Waals surface area contributed by atoms with Crippen LogP contribution in [0.4, 0.5) is 0 Å². The fourth-order valence-electron chi connectivity index (χ4n) is 1.57. The zero-order valence-corrected chi connectivity index (χ0v) is 9.28. The summed E-state index contributed by atoms with van der Waals surface area (Å²) in [5.74, 6) is -2.14. The van der Waals surface area contributed by atoms with Gasteiger partial charge in [-0.3, -0.25) is 9.48 Å². The summed E-state index contributed by atoms with van der Waals surface area (Å²) in [6.07, 6.45) is 1.63. The minimum atomic E-state index is -1.11. The molecule has 4 N–H and O–H groups in total. The first-order valence-electron chi connectivity index (χ1n) is 5.16. The number of aliphatic carboxylic acids is 1. The summed E-state index contributed by atoms with van der Waals surface area (Å²) in [4.78, 5) is 21.4. The Morgan fingerprint density at radius 1 is 1.39 bits per heavy atom. The normalized spacial score (nSPS) is 12.5. The smallest absolute Gasteiger partial charge is 0.335 e. The Hall–Kier alpha value is -2.41. The number of carboxylic acids is 2. The predicted molar refractivity (Wildman–Crippen MR) is 62.3 cm³/mol. The van der Waals surface area contributed by atoms with Crippen LogP contribution in [-0.4, -0.2) is 38.0 Å². The Kier molecular flexibility index (Phi) is 2.99. The van der Waals surface area contributed by atoms with Crippen molar-refractivity contribution < 1.29 is 19.8 Å². The van der Waals surface area contributed by atoms with Crippen LogP contribution in [0.2, 0.25) is 0 Å². The van der Waals surface area contributed by atoms with Gasteiger partial charge in [-0.2, -0.15) is 5.10 Å². The van der Waals surface area contributed by atoms with Crippen molar-refractivity contribution in [2.75, 3.05) is 0 Å². The van der Waals surface area contributed by atoms with E-state index < -0.39 is 18.0 Å². The molecule has 1 atom stereocenters. The minimum absolute atomic E-state index is 0.0341. The van der Waals surface area contributed by atoms with E-state index in [9.17, 15) is 9.59 Å². The number of nitrogens with two attached hydrogens (primary N) is 1. The van der Waals surface area contributed by atoms with Crippen molar-refractivity contribution >= 4 is 22.8 Å². The Balaban J connectivity index is 2.32. The fraction of sp³-hybridized carbons (Fsp3) is 0.182. The molecule has 1 unspecified atom stereocenters. The molecule has 0 aliphatic heterocycles. The SMILES string of the molecule is NC(Cn1cc2ccc(C(=O)O)cc2n1)C(=O)O. The molecule has 18 heavy (non-hydrogen) atoms. The molecule has 2 aromatic rings. The van der Waals surface area contributed by atoms with Gasteiger partial charge in [-0.05, 0) is 12.1 Å². The molecule has 0 saturated heterocycles. The fourth-order valence-corrected chi connectivity index (χ4v) is 1.57. The molecule has 7 nitrogen and oxygen atoms in total. The summed E-state index contributed by atoms with van der Waals surface area (Å²) in [5, 5.41) is 22.4. The molecule has 1 aromatic carbocycles. The molecule has 0 amide bonds. The molecular formula is C11H11N3O4. The van der Waals surface area contributed by atoms with E-state index in [-0.39, 0.29) is 12.1 Å². The van der Waals surface area contributed by atoms with Gasteiger partial charge in [0.1, 0.15) is 6.04 Å². The lowest BCUT2D eigenvalue weighted by molar-refractivity contribution is -0.138. The van der Waals surface area contributed by atoms with Crippen molar-refractivity contribution in [1.82, 2.24) is 9.78 Å². The van der Waals surface area contributed by atoms with Crippen LogP contribution in [0.15, 0.2) is 24.4 Å². The van der Waals surface area contributed by atoms with Crippen molar-refractivity contribution in [1.29, 1.82) is 0 Å². The minimum Gasteiger partial charge on any atom is -0.480 e. The number of rotatable bonds is 4. The molecule has 0 aliphatic carbocycles. The first kappa shape index (κ1) is 12.1. The van der Waals surface area contributed by atoms with Crippen molar-refractivity contribution in [2.24, 2.45) is 5.73 Å². The molecular weight excluding hydrogens is 238 g/mol. The quantitative estimate of drug-likeness (QED) is 0.709. The number of aromatic carboxylic acids is 1. The summed E-state index contributed by atoms with van der Waals surface area (Å²) in [7, 11) is 0. The summed E-state index contributed by atoms with van der Waals surface area (Å²) in [6.45, 7) is 0.0341. The molecule has 94 valence electrons. The van der Waals surface area contributed by atoms with Crippen LogP contribution in [0, 0.1) is 0 Å². The molecule has 7 heteroatoms. The van der Waals surface area contributed by atoms with Crippen molar-refractivity contribution in [2.45, 2.75) is 12.6 Å². The lowest BCUT2D eigenvalue weighted by Gasteiger charge is -2.05. The van der Waals surface area contributed by atoms with E-state index in [0.29, 0.717) is 5.52 Å². The number of nitrogens with zero attached hydrogens (tertiary/aromatic N) is 2. The number of carbonyl (C=O) groups is 2. The van der Waals surface area contributed by atoms with Gasteiger partial charge in [0.2, 0.25) is 0 Å². The van der Waals surface area contributed by atoms with Crippen LogP contribution < -0.4 is 5.73 Å². The van der Waals surface area contributed by atoms with Crippen LogP contribution in [0.1, 0.15) is 10.4 Å². The molecule has 1 aromatic heterocycles. The van der Waals surface area contributed by atoms with Gasteiger partial charge >= 0.3 is 11.9 Å². The number of benzene rings is 1. The summed E-state index contributed by atoms with van der Waals surface area (Å²) >= 11 is 0. The van der Waals surface area contributed by atoms with E-state index in [1.54, 1.807) is 12.3 Å². The Morgan fingerprint density at radius 3 is 2.72 bits per heavy atom. The van der Waals surface area contributed by atoms with Gasteiger partial charge in [0, 0.05) is 11.6 Å². The third kappa shape index (κ3) is 2.30. The van der Waals surface area contributed by atoms with E-state index in [2.05, 4.69) is 5.10 Å². The van der Waals surface area contributed by atoms with E-state index in [0.717, 1.165) is 5.39 Å². The average molecular weight is 249 g/mol. The lowest BCUT2D eigenvalue weighted by atomic mass is 10.2. The Labute approximate surface area is 101 Å². The zero-order valence-electron chi connectivity index (χ0n) is 9.28. The molecule has 0 spiro atoms. The second-order valence-corrected chi connectivity index (χ2v) is 3.87. The maximum absolute atomic E-state index is 10.8. The van der Waals surface area contributed by atoms with E-state index in [1.165, 1.54) is 16.8 Å². The van der Waals surface area contributed by atoms with Gasteiger partial charge in [-0.1, -0.05) is 6.07 Å². The first-order valence-corrected chi connectivity index (χ1v) is 5.16. The van der Waals surface area contributed by atoms with Crippen LogP contribution in [0.25, 0.3) is 10.9 Å². The molecule has 0 saturated carbocycles. The number of carboxylic acid groups (broad SMARTS) is 2. The van der Waals surface area contributed by atoms with Crippen LogP contribution in [0.5, 0.6) is 0 Å². The summed E-state index contributed by atoms with van der Waals surface area (Å²) < 4.78 is 1.40. The Bertz CT molecular complexity index is 620. The lowest BCUT2D eigenvalue weighted by Crippen LogP contribution is -2.34. The van der Waals surface area contributed by atoms with Crippen molar-refractivity contribution in [3.8, 4) is 0 Å². The number of hydrogen-bond donors (Lipinski definition) is 3. The predicted octanol–water partition coefficient (Wildman–Crippen LogP) is 0.146. The summed E-state index contributed by atoms with van der Waals surface area (Å²) in [5.41, 5.74) is 6.02.